The van der Waals surface area contributed by atoms with Gasteiger partial charge >= 0.3 is 5.97 Å². The van der Waals surface area contributed by atoms with Crippen molar-refractivity contribution in [3.8, 4) is 0 Å². The Morgan fingerprint density at radius 2 is 2.29 bits per heavy atom. The maximum absolute atomic E-state index is 10.5. The molecule has 0 radical (unpaired) electrons. The average molecular weight is 231 g/mol. The number of carboxylic acids is 1. The Kier molecular flexibility index (Phi) is 2.91. The molecule has 0 saturated carbocycles. The number of carbonyl (C=O) groups is 1. The summed E-state index contributed by atoms with van der Waals surface area (Å²) in [5.41, 5.74) is 2.40. The Morgan fingerprint density at radius 1 is 1.53 bits per heavy atom. The van der Waals surface area contributed by atoms with Crippen molar-refractivity contribution in [2.24, 2.45) is 0 Å². The Balaban J connectivity index is 2.57. The van der Waals surface area contributed by atoms with E-state index in [-0.39, 0.29) is 0 Å². The molecule has 2 aromatic rings. The van der Waals surface area contributed by atoms with Crippen LogP contribution in [0.25, 0.3) is 17.1 Å². The van der Waals surface area contributed by atoms with Crippen LogP contribution in [0.15, 0.2) is 12.3 Å². The number of nitrogens with zero attached hydrogens (tertiary/aromatic N) is 2. The predicted octanol–water partition coefficient (Wildman–Crippen LogP) is 1.93. The van der Waals surface area contributed by atoms with Crippen LogP contribution in [0.5, 0.6) is 0 Å². The lowest BCUT2D eigenvalue weighted by molar-refractivity contribution is -0.131. The number of aryl methyl sites for hydroxylation is 2. The highest BCUT2D eigenvalue weighted by molar-refractivity contribution is 5.93. The molecule has 2 rings (SSSR count). The molecule has 0 atom stereocenters. The Labute approximate surface area is 98.2 Å². The number of aliphatic carboxylic acids is 1. The van der Waals surface area contributed by atoms with E-state index in [1.54, 1.807) is 12.3 Å². The Morgan fingerprint density at radius 3 is 2.94 bits per heavy atom. The summed E-state index contributed by atoms with van der Waals surface area (Å²) in [6, 6.07) is 0. The predicted molar refractivity (Wildman–Crippen MR) is 64.7 cm³/mol. The van der Waals surface area contributed by atoms with Crippen LogP contribution in [0.2, 0.25) is 0 Å². The number of nitrogens with one attached hydrogen (secondary N) is 1. The third-order valence-electron chi connectivity index (χ3n) is 2.51. The Bertz CT molecular complexity index is 599. The Hall–Kier alpha value is -2.17. The highest BCUT2D eigenvalue weighted by Crippen LogP contribution is 2.21. The maximum atomic E-state index is 10.5. The molecule has 17 heavy (non-hydrogen) atoms. The van der Waals surface area contributed by atoms with Crippen LogP contribution < -0.4 is 0 Å². The third-order valence-corrected chi connectivity index (χ3v) is 2.51. The summed E-state index contributed by atoms with van der Waals surface area (Å²) < 4.78 is 0. The largest absolute Gasteiger partial charge is 0.478 e. The smallest absolute Gasteiger partial charge is 0.328 e. The van der Waals surface area contributed by atoms with Crippen LogP contribution in [-0.2, 0) is 11.2 Å². The van der Waals surface area contributed by atoms with Gasteiger partial charge < -0.3 is 10.1 Å². The van der Waals surface area contributed by atoms with Gasteiger partial charge in [0.2, 0.25) is 0 Å². The first kappa shape index (κ1) is 11.3. The van der Waals surface area contributed by atoms with E-state index in [2.05, 4.69) is 15.0 Å². The van der Waals surface area contributed by atoms with Gasteiger partial charge in [0.1, 0.15) is 11.5 Å². The van der Waals surface area contributed by atoms with Crippen molar-refractivity contribution in [2.45, 2.75) is 20.3 Å². The summed E-state index contributed by atoms with van der Waals surface area (Å²) in [5, 5.41) is 9.48. The van der Waals surface area contributed by atoms with Crippen LogP contribution >= 0.6 is 0 Å². The molecule has 0 saturated heterocycles. The molecule has 0 aliphatic rings. The number of aromatic amines is 1. The molecule has 0 aliphatic carbocycles. The van der Waals surface area contributed by atoms with Gasteiger partial charge in [-0.2, -0.15) is 0 Å². The summed E-state index contributed by atoms with van der Waals surface area (Å²) in [4.78, 5) is 22.2. The molecule has 0 fully saturated rings. The molecule has 0 aromatic carbocycles. The van der Waals surface area contributed by atoms with Crippen molar-refractivity contribution in [1.82, 2.24) is 15.0 Å². The standard InChI is InChI=1S/C12H13N3O2/c1-3-9-14-7(2)11-8(4-5-10(16)17)6-13-12(11)15-9/h4-6H,3H2,1-2H3,(H,16,17)(H,13,14,15)/b5-4+. The van der Waals surface area contributed by atoms with E-state index in [4.69, 9.17) is 5.11 Å². The van der Waals surface area contributed by atoms with Crippen molar-refractivity contribution in [3.63, 3.8) is 0 Å². The molecular formula is C12H13N3O2. The van der Waals surface area contributed by atoms with Crippen molar-refractivity contribution in [3.05, 3.63) is 29.4 Å². The van der Waals surface area contributed by atoms with Crippen molar-refractivity contribution in [2.75, 3.05) is 0 Å². The van der Waals surface area contributed by atoms with Crippen LogP contribution in [0.4, 0.5) is 0 Å². The molecule has 0 aliphatic heterocycles. The lowest BCUT2D eigenvalue weighted by Gasteiger charge is -2.00. The molecular weight excluding hydrogens is 218 g/mol. The van der Waals surface area contributed by atoms with Crippen LogP contribution in [0.3, 0.4) is 0 Å². The monoisotopic (exact) mass is 231 g/mol. The summed E-state index contributed by atoms with van der Waals surface area (Å²) in [6.07, 6.45) is 5.17. The summed E-state index contributed by atoms with van der Waals surface area (Å²) in [7, 11) is 0. The van der Waals surface area contributed by atoms with E-state index in [1.807, 2.05) is 13.8 Å². The van der Waals surface area contributed by atoms with Gasteiger partial charge in [-0.15, -0.1) is 0 Å². The number of H-pyrrole nitrogens is 1. The highest BCUT2D eigenvalue weighted by Gasteiger charge is 2.08. The summed E-state index contributed by atoms with van der Waals surface area (Å²) in [6.45, 7) is 3.89. The van der Waals surface area contributed by atoms with Crippen LogP contribution in [-0.4, -0.2) is 26.0 Å². The van der Waals surface area contributed by atoms with E-state index >= 15 is 0 Å². The SMILES string of the molecule is CCc1nc(C)c2c(/C=C/C(=O)O)c[nH]c2n1. The summed E-state index contributed by atoms with van der Waals surface area (Å²) >= 11 is 0. The van der Waals surface area contributed by atoms with Gasteiger partial charge in [-0.1, -0.05) is 6.92 Å². The second kappa shape index (κ2) is 4.37. The number of aromatic nitrogens is 3. The zero-order valence-electron chi connectivity index (χ0n) is 9.69. The first-order valence-corrected chi connectivity index (χ1v) is 5.37. The quantitative estimate of drug-likeness (QED) is 0.791. The number of carboxylic acid groups (broad SMARTS) is 1. The van der Waals surface area contributed by atoms with Crippen molar-refractivity contribution in [1.29, 1.82) is 0 Å². The molecule has 0 bridgehead atoms. The van der Waals surface area contributed by atoms with Gasteiger partial charge in [0.15, 0.2) is 0 Å². The number of hydrogen-bond donors (Lipinski definition) is 2. The second-order valence-corrected chi connectivity index (χ2v) is 3.72. The highest BCUT2D eigenvalue weighted by atomic mass is 16.4. The van der Waals surface area contributed by atoms with Crippen molar-refractivity contribution >= 4 is 23.1 Å². The average Bonchev–Trinajstić information content (AvgIpc) is 2.69. The van der Waals surface area contributed by atoms with Gasteiger partial charge in [0, 0.05) is 29.6 Å². The van der Waals surface area contributed by atoms with E-state index in [9.17, 15) is 4.79 Å². The number of hydrogen-bond acceptors (Lipinski definition) is 3. The van der Waals surface area contributed by atoms with E-state index < -0.39 is 5.97 Å². The lowest BCUT2D eigenvalue weighted by atomic mass is 10.2. The molecule has 0 spiro atoms. The fourth-order valence-corrected chi connectivity index (χ4v) is 1.75. The minimum atomic E-state index is -0.969. The first-order chi connectivity index (χ1) is 8.11. The van der Waals surface area contributed by atoms with Crippen LogP contribution in [0.1, 0.15) is 24.0 Å². The minimum absolute atomic E-state index is 0.749. The summed E-state index contributed by atoms with van der Waals surface area (Å²) in [5.74, 6) is -0.186. The number of rotatable bonds is 3. The van der Waals surface area contributed by atoms with E-state index in [0.717, 1.165) is 40.6 Å². The van der Waals surface area contributed by atoms with Crippen LogP contribution in [0, 0.1) is 6.92 Å². The zero-order chi connectivity index (χ0) is 12.4. The normalized spacial score (nSPS) is 11.4. The third kappa shape index (κ3) is 2.18. The molecule has 2 N–H and O–H groups in total. The first-order valence-electron chi connectivity index (χ1n) is 5.37. The molecule has 2 aromatic heterocycles. The topological polar surface area (TPSA) is 78.9 Å². The fraction of sp³-hybridized carbons (Fsp3) is 0.250. The van der Waals surface area contributed by atoms with Gasteiger partial charge in [0.05, 0.1) is 5.69 Å². The molecule has 5 nitrogen and oxygen atoms in total. The van der Waals surface area contributed by atoms with Crippen molar-refractivity contribution < 1.29 is 9.90 Å². The fourth-order valence-electron chi connectivity index (χ4n) is 1.75. The van der Waals surface area contributed by atoms with Gasteiger partial charge in [-0.3, -0.25) is 0 Å². The van der Waals surface area contributed by atoms with Gasteiger partial charge in [-0.05, 0) is 13.0 Å². The molecule has 0 unspecified atom stereocenters. The maximum Gasteiger partial charge on any atom is 0.328 e. The lowest BCUT2D eigenvalue weighted by Crippen LogP contribution is -1.96. The zero-order valence-corrected chi connectivity index (χ0v) is 9.69. The molecule has 5 heteroatoms. The van der Waals surface area contributed by atoms with E-state index in [0.29, 0.717) is 0 Å². The molecule has 0 amide bonds. The van der Waals surface area contributed by atoms with Gasteiger partial charge in [0.25, 0.3) is 0 Å². The number of fused-ring (bicyclic) bond motifs is 1. The minimum Gasteiger partial charge on any atom is -0.478 e. The van der Waals surface area contributed by atoms with Gasteiger partial charge in [-0.25, -0.2) is 14.8 Å². The molecule has 88 valence electrons. The van der Waals surface area contributed by atoms with E-state index in [1.165, 1.54) is 0 Å². The second-order valence-electron chi connectivity index (χ2n) is 3.72. The molecule has 2 heterocycles.